The molecule has 0 spiro atoms. The van der Waals surface area contributed by atoms with Crippen LogP contribution in [0.25, 0.3) is 0 Å². The van der Waals surface area contributed by atoms with Crippen LogP contribution >= 0.6 is 0 Å². The second-order valence-electron chi connectivity index (χ2n) is 5.88. The van der Waals surface area contributed by atoms with Crippen molar-refractivity contribution in [3.63, 3.8) is 0 Å². The Balaban J connectivity index is 2.08. The first-order chi connectivity index (χ1) is 9.83. The quantitative estimate of drug-likeness (QED) is 0.602. The number of piperidine rings is 1. The fourth-order valence-corrected chi connectivity index (χ4v) is 3.27. The molecule has 0 radical (unpaired) electrons. The number of nitrogens with zero attached hydrogens (tertiary/aromatic N) is 1. The Morgan fingerprint density at radius 1 is 1.20 bits per heavy atom. The summed E-state index contributed by atoms with van der Waals surface area (Å²) in [6, 6.07) is 11.5. The van der Waals surface area contributed by atoms with Gasteiger partial charge < -0.3 is 5.32 Å². The highest BCUT2D eigenvalue weighted by molar-refractivity contribution is 5.20. The van der Waals surface area contributed by atoms with Crippen LogP contribution in [0.2, 0.25) is 0 Å². The van der Waals surface area contributed by atoms with Gasteiger partial charge in [-0.2, -0.15) is 0 Å². The largest absolute Gasteiger partial charge is 0.313 e. The maximum atomic E-state index is 3.78. The molecule has 0 bridgehead atoms. The molecule has 1 aromatic carbocycles. The van der Waals surface area contributed by atoms with E-state index in [0.717, 1.165) is 13.1 Å². The van der Waals surface area contributed by atoms with Crippen LogP contribution in [0.1, 0.15) is 37.8 Å². The lowest BCUT2D eigenvalue weighted by atomic mass is 9.91. The molecule has 1 aliphatic rings. The highest BCUT2D eigenvalue weighted by Gasteiger charge is 2.26. The third kappa shape index (κ3) is 4.19. The molecule has 2 heteroatoms. The molecule has 0 saturated carbocycles. The van der Waals surface area contributed by atoms with Crippen LogP contribution in [0, 0.1) is 5.92 Å². The van der Waals surface area contributed by atoms with Crippen molar-refractivity contribution in [3.8, 4) is 0 Å². The summed E-state index contributed by atoms with van der Waals surface area (Å²) in [7, 11) is 0. The summed E-state index contributed by atoms with van der Waals surface area (Å²) < 4.78 is 0. The fraction of sp³-hybridized carbons (Fsp3) is 0.556. The first-order valence-corrected chi connectivity index (χ1v) is 7.93. The van der Waals surface area contributed by atoms with E-state index in [-0.39, 0.29) is 0 Å². The molecule has 2 rings (SSSR count). The van der Waals surface area contributed by atoms with Gasteiger partial charge in [0.25, 0.3) is 0 Å². The van der Waals surface area contributed by atoms with Crippen molar-refractivity contribution in [1.82, 2.24) is 10.2 Å². The number of nitrogens with one attached hydrogen (secondary N) is 1. The molecule has 2 unspecified atom stereocenters. The molecular weight excluding hydrogens is 244 g/mol. The number of hydrogen-bond acceptors (Lipinski definition) is 2. The Bertz CT molecular complexity index is 382. The van der Waals surface area contributed by atoms with Crippen LogP contribution in [-0.2, 0) is 0 Å². The molecule has 2 nitrogen and oxygen atoms in total. The van der Waals surface area contributed by atoms with Crippen molar-refractivity contribution in [2.75, 3.05) is 26.2 Å². The van der Waals surface area contributed by atoms with Crippen molar-refractivity contribution < 1.29 is 0 Å². The summed E-state index contributed by atoms with van der Waals surface area (Å²) in [6.07, 6.45) is 6.01. The van der Waals surface area contributed by atoms with Gasteiger partial charge in [0.05, 0.1) is 0 Å². The van der Waals surface area contributed by atoms with Crippen molar-refractivity contribution in [2.45, 2.75) is 32.2 Å². The Hall–Kier alpha value is -1.12. The second-order valence-corrected chi connectivity index (χ2v) is 5.88. The minimum absolute atomic E-state index is 0.536. The van der Waals surface area contributed by atoms with Crippen LogP contribution in [0.15, 0.2) is 43.0 Å². The van der Waals surface area contributed by atoms with Gasteiger partial charge in [-0.25, -0.2) is 0 Å². The van der Waals surface area contributed by atoms with E-state index in [4.69, 9.17) is 0 Å². The zero-order valence-electron chi connectivity index (χ0n) is 12.7. The van der Waals surface area contributed by atoms with E-state index in [1.807, 2.05) is 6.08 Å². The second kappa shape index (κ2) is 8.23. The number of benzene rings is 1. The molecule has 20 heavy (non-hydrogen) atoms. The van der Waals surface area contributed by atoms with Gasteiger partial charge in [-0.15, -0.1) is 6.58 Å². The lowest BCUT2D eigenvalue weighted by Crippen LogP contribution is -2.39. The average Bonchev–Trinajstić information content (AvgIpc) is 2.50. The van der Waals surface area contributed by atoms with Crippen LogP contribution < -0.4 is 5.32 Å². The van der Waals surface area contributed by atoms with E-state index >= 15 is 0 Å². The highest BCUT2D eigenvalue weighted by Crippen LogP contribution is 2.30. The van der Waals surface area contributed by atoms with E-state index in [1.165, 1.54) is 37.9 Å². The lowest BCUT2D eigenvalue weighted by molar-refractivity contribution is 0.121. The number of hydrogen-bond donors (Lipinski definition) is 1. The zero-order chi connectivity index (χ0) is 14.2. The monoisotopic (exact) mass is 272 g/mol. The summed E-state index contributed by atoms with van der Waals surface area (Å²) in [6.45, 7) is 10.6. The predicted octanol–water partition coefficient (Wildman–Crippen LogP) is 3.63. The molecular formula is C18H28N2. The van der Waals surface area contributed by atoms with Crippen molar-refractivity contribution in [2.24, 2.45) is 5.92 Å². The normalized spacial score (nSPS) is 19.4. The van der Waals surface area contributed by atoms with Crippen LogP contribution in [0.3, 0.4) is 0 Å². The molecule has 1 aromatic rings. The van der Waals surface area contributed by atoms with E-state index in [0.29, 0.717) is 12.0 Å². The maximum Gasteiger partial charge on any atom is 0.0385 e. The van der Waals surface area contributed by atoms with Crippen LogP contribution in [0.4, 0.5) is 0 Å². The molecule has 110 valence electrons. The molecule has 1 fully saturated rings. The molecule has 0 amide bonds. The summed E-state index contributed by atoms with van der Waals surface area (Å²) in [5.41, 5.74) is 1.46. The Morgan fingerprint density at radius 2 is 1.90 bits per heavy atom. The summed E-state index contributed by atoms with van der Waals surface area (Å²) in [5, 5.41) is 3.48. The fourth-order valence-electron chi connectivity index (χ4n) is 3.27. The average molecular weight is 272 g/mol. The topological polar surface area (TPSA) is 15.3 Å². The Labute approximate surface area is 123 Å². The van der Waals surface area contributed by atoms with Gasteiger partial charge in [-0.05, 0) is 44.0 Å². The van der Waals surface area contributed by atoms with Crippen molar-refractivity contribution in [3.05, 3.63) is 48.6 Å². The van der Waals surface area contributed by atoms with Crippen molar-refractivity contribution >= 4 is 0 Å². The predicted molar refractivity (Wildman–Crippen MR) is 86.8 cm³/mol. The standard InChI is InChI=1S/C18H28N2/c1-3-12-19-15-16(2)18(17-10-6-4-7-11-17)20-13-8-5-9-14-20/h3-4,6-7,10-11,16,18-19H,1,5,8-9,12-15H2,2H3. The summed E-state index contributed by atoms with van der Waals surface area (Å²) in [4.78, 5) is 2.68. The zero-order valence-corrected chi connectivity index (χ0v) is 12.7. The van der Waals surface area contributed by atoms with Gasteiger partial charge in [0.15, 0.2) is 0 Å². The first-order valence-electron chi connectivity index (χ1n) is 7.93. The molecule has 1 saturated heterocycles. The SMILES string of the molecule is C=CCNCC(C)C(c1ccccc1)N1CCCCC1. The Morgan fingerprint density at radius 3 is 2.55 bits per heavy atom. The smallest absolute Gasteiger partial charge is 0.0385 e. The molecule has 1 N–H and O–H groups in total. The third-order valence-electron chi connectivity index (χ3n) is 4.22. The van der Waals surface area contributed by atoms with Crippen LogP contribution in [0.5, 0.6) is 0 Å². The minimum atomic E-state index is 0.536. The highest BCUT2D eigenvalue weighted by atomic mass is 15.2. The van der Waals surface area contributed by atoms with Gasteiger partial charge in [0.2, 0.25) is 0 Å². The summed E-state index contributed by atoms with van der Waals surface area (Å²) in [5.74, 6) is 0.607. The molecule has 1 aliphatic heterocycles. The van der Waals surface area contributed by atoms with E-state index in [1.54, 1.807) is 0 Å². The number of rotatable bonds is 7. The van der Waals surface area contributed by atoms with Gasteiger partial charge >= 0.3 is 0 Å². The van der Waals surface area contributed by atoms with Gasteiger partial charge in [-0.1, -0.05) is 49.8 Å². The Kier molecular flexibility index (Phi) is 6.28. The third-order valence-corrected chi connectivity index (χ3v) is 4.22. The molecule has 0 aromatic heterocycles. The lowest BCUT2D eigenvalue weighted by Gasteiger charge is -2.38. The molecule has 2 atom stereocenters. The summed E-state index contributed by atoms with van der Waals surface area (Å²) >= 11 is 0. The number of likely N-dealkylation sites (tertiary alicyclic amines) is 1. The molecule has 1 heterocycles. The van der Waals surface area contributed by atoms with Gasteiger partial charge in [-0.3, -0.25) is 4.90 Å². The van der Waals surface area contributed by atoms with Gasteiger partial charge in [0, 0.05) is 12.6 Å². The molecule has 0 aliphatic carbocycles. The van der Waals surface area contributed by atoms with E-state index < -0.39 is 0 Å². The minimum Gasteiger partial charge on any atom is -0.313 e. The van der Waals surface area contributed by atoms with E-state index in [9.17, 15) is 0 Å². The van der Waals surface area contributed by atoms with E-state index in [2.05, 4.69) is 54.1 Å². The maximum absolute atomic E-state index is 3.78. The van der Waals surface area contributed by atoms with Crippen molar-refractivity contribution in [1.29, 1.82) is 0 Å². The van der Waals surface area contributed by atoms with Crippen LogP contribution in [-0.4, -0.2) is 31.1 Å². The van der Waals surface area contributed by atoms with Gasteiger partial charge in [0.1, 0.15) is 0 Å². The first kappa shape index (κ1) is 15.3.